The lowest BCUT2D eigenvalue weighted by atomic mass is 10.3. The van der Waals surface area contributed by atoms with Gasteiger partial charge in [0.25, 0.3) is 0 Å². The minimum Gasteiger partial charge on any atom is -0.363 e. The summed E-state index contributed by atoms with van der Waals surface area (Å²) in [6, 6.07) is 10.3. The first kappa shape index (κ1) is 16.3. The van der Waals surface area contributed by atoms with Gasteiger partial charge >= 0.3 is 0 Å². The van der Waals surface area contributed by atoms with Crippen molar-refractivity contribution in [1.29, 1.82) is 0 Å². The Bertz CT molecular complexity index is 592. The molecule has 0 unspecified atom stereocenters. The van der Waals surface area contributed by atoms with Crippen molar-refractivity contribution in [3.63, 3.8) is 0 Å². The average Bonchev–Trinajstić information content (AvgIpc) is 3.04. The highest BCUT2D eigenvalue weighted by Gasteiger charge is 2.02. The minimum absolute atomic E-state index is 0.653. The SMILES string of the molecule is CN=C(NCCc1cccs1)NCc1cccc(N(C)C)n1. The van der Waals surface area contributed by atoms with Gasteiger partial charge in [0, 0.05) is 32.6 Å². The molecule has 0 aliphatic heterocycles. The van der Waals surface area contributed by atoms with Gasteiger partial charge in [0.05, 0.1) is 12.2 Å². The van der Waals surface area contributed by atoms with Gasteiger partial charge in [-0.15, -0.1) is 11.3 Å². The number of aliphatic imine (C=N–C) groups is 1. The van der Waals surface area contributed by atoms with Crippen LogP contribution in [0.2, 0.25) is 0 Å². The van der Waals surface area contributed by atoms with Crippen LogP contribution in [0, 0.1) is 0 Å². The predicted molar refractivity (Wildman–Crippen MR) is 94.8 cm³/mol. The Morgan fingerprint density at radius 3 is 2.77 bits per heavy atom. The third-order valence-corrected chi connectivity index (χ3v) is 4.09. The summed E-state index contributed by atoms with van der Waals surface area (Å²) in [5.41, 5.74) is 0.993. The number of thiophene rings is 1. The van der Waals surface area contributed by atoms with Gasteiger partial charge in [-0.05, 0) is 30.0 Å². The molecule has 118 valence electrons. The van der Waals surface area contributed by atoms with Crippen molar-refractivity contribution in [2.24, 2.45) is 4.99 Å². The van der Waals surface area contributed by atoms with E-state index >= 15 is 0 Å². The maximum absolute atomic E-state index is 4.58. The fourth-order valence-corrected chi connectivity index (χ4v) is 2.68. The molecule has 0 aliphatic carbocycles. The Hall–Kier alpha value is -2.08. The number of guanidine groups is 1. The van der Waals surface area contributed by atoms with Crippen molar-refractivity contribution < 1.29 is 0 Å². The minimum atomic E-state index is 0.653. The normalized spacial score (nSPS) is 11.3. The van der Waals surface area contributed by atoms with E-state index in [1.165, 1.54) is 4.88 Å². The van der Waals surface area contributed by atoms with Crippen molar-refractivity contribution in [2.45, 2.75) is 13.0 Å². The van der Waals surface area contributed by atoms with Gasteiger partial charge < -0.3 is 15.5 Å². The molecule has 2 N–H and O–H groups in total. The number of hydrogen-bond donors (Lipinski definition) is 2. The molecule has 0 amide bonds. The molecule has 2 aromatic heterocycles. The zero-order valence-corrected chi connectivity index (χ0v) is 14.2. The van der Waals surface area contributed by atoms with Gasteiger partial charge in [-0.3, -0.25) is 4.99 Å². The highest BCUT2D eigenvalue weighted by atomic mass is 32.1. The van der Waals surface area contributed by atoms with Crippen LogP contribution in [0.3, 0.4) is 0 Å². The molecule has 0 fully saturated rings. The van der Waals surface area contributed by atoms with E-state index in [-0.39, 0.29) is 0 Å². The summed E-state index contributed by atoms with van der Waals surface area (Å²) in [7, 11) is 5.76. The summed E-state index contributed by atoms with van der Waals surface area (Å²) < 4.78 is 0. The van der Waals surface area contributed by atoms with Crippen molar-refractivity contribution >= 4 is 23.1 Å². The van der Waals surface area contributed by atoms with Crippen molar-refractivity contribution in [3.05, 3.63) is 46.3 Å². The fourth-order valence-electron chi connectivity index (χ4n) is 1.97. The maximum Gasteiger partial charge on any atom is 0.191 e. The third-order valence-electron chi connectivity index (χ3n) is 3.15. The highest BCUT2D eigenvalue weighted by molar-refractivity contribution is 7.09. The quantitative estimate of drug-likeness (QED) is 0.633. The summed E-state index contributed by atoms with van der Waals surface area (Å²) in [6.45, 7) is 1.52. The van der Waals surface area contributed by atoms with E-state index in [0.717, 1.165) is 30.4 Å². The van der Waals surface area contributed by atoms with E-state index in [4.69, 9.17) is 0 Å². The van der Waals surface area contributed by atoms with Crippen molar-refractivity contribution in [3.8, 4) is 0 Å². The molecule has 0 saturated heterocycles. The molecule has 2 aromatic rings. The molecule has 5 nitrogen and oxygen atoms in total. The number of pyridine rings is 1. The topological polar surface area (TPSA) is 52.6 Å². The Morgan fingerprint density at radius 2 is 2.09 bits per heavy atom. The van der Waals surface area contributed by atoms with Crippen molar-refractivity contribution in [1.82, 2.24) is 15.6 Å². The third kappa shape index (κ3) is 5.04. The second kappa shape index (κ2) is 8.38. The Labute approximate surface area is 136 Å². The lowest BCUT2D eigenvalue weighted by molar-refractivity contribution is 0.786. The highest BCUT2D eigenvalue weighted by Crippen LogP contribution is 2.08. The van der Waals surface area contributed by atoms with E-state index in [1.54, 1.807) is 18.4 Å². The van der Waals surface area contributed by atoms with Crippen LogP contribution in [0.5, 0.6) is 0 Å². The Kier molecular flexibility index (Phi) is 6.21. The van der Waals surface area contributed by atoms with Crippen LogP contribution in [0.15, 0.2) is 40.7 Å². The number of hydrogen-bond acceptors (Lipinski definition) is 4. The largest absolute Gasteiger partial charge is 0.363 e. The second-order valence-electron chi connectivity index (χ2n) is 5.06. The van der Waals surface area contributed by atoms with Gasteiger partial charge in [0.1, 0.15) is 5.82 Å². The molecule has 0 spiro atoms. The van der Waals surface area contributed by atoms with Crippen molar-refractivity contribution in [2.75, 3.05) is 32.6 Å². The summed E-state index contributed by atoms with van der Waals surface area (Å²) >= 11 is 1.78. The van der Waals surface area contributed by atoms with Gasteiger partial charge in [-0.2, -0.15) is 0 Å². The zero-order chi connectivity index (χ0) is 15.8. The Balaban J connectivity index is 1.79. The molecule has 0 aromatic carbocycles. The van der Waals surface area contributed by atoms with Crippen LogP contribution in [0.1, 0.15) is 10.6 Å². The molecule has 2 heterocycles. The van der Waals surface area contributed by atoms with Crippen LogP contribution in [-0.2, 0) is 13.0 Å². The molecular weight excluding hydrogens is 294 g/mol. The molecule has 0 saturated carbocycles. The number of nitrogens with zero attached hydrogens (tertiary/aromatic N) is 3. The first-order chi connectivity index (χ1) is 10.7. The number of anilines is 1. The molecule has 22 heavy (non-hydrogen) atoms. The van der Waals surface area contributed by atoms with Crippen LogP contribution < -0.4 is 15.5 Å². The van der Waals surface area contributed by atoms with E-state index in [2.05, 4.69) is 38.1 Å². The van der Waals surface area contributed by atoms with Crippen LogP contribution >= 0.6 is 11.3 Å². The van der Waals surface area contributed by atoms with Gasteiger partial charge in [0.15, 0.2) is 5.96 Å². The Morgan fingerprint density at radius 1 is 1.23 bits per heavy atom. The lowest BCUT2D eigenvalue weighted by Gasteiger charge is -2.14. The van der Waals surface area contributed by atoms with Gasteiger partial charge in [-0.1, -0.05) is 12.1 Å². The maximum atomic E-state index is 4.58. The summed E-state index contributed by atoms with van der Waals surface area (Å²) in [5.74, 6) is 1.76. The van der Waals surface area contributed by atoms with E-state index in [9.17, 15) is 0 Å². The van der Waals surface area contributed by atoms with Gasteiger partial charge in [-0.25, -0.2) is 4.98 Å². The van der Waals surface area contributed by atoms with E-state index in [1.807, 2.05) is 37.2 Å². The number of nitrogens with one attached hydrogen (secondary N) is 2. The summed E-state index contributed by atoms with van der Waals surface area (Å²) in [5, 5.41) is 8.72. The van der Waals surface area contributed by atoms with E-state index in [0.29, 0.717) is 6.54 Å². The number of aromatic nitrogens is 1. The lowest BCUT2D eigenvalue weighted by Crippen LogP contribution is -2.38. The van der Waals surface area contributed by atoms with Crippen LogP contribution in [-0.4, -0.2) is 38.6 Å². The number of rotatable bonds is 6. The molecule has 0 aliphatic rings. The monoisotopic (exact) mass is 317 g/mol. The standard InChI is InChI=1S/C16H23N5S/c1-17-16(18-10-9-14-7-5-11-22-14)19-12-13-6-4-8-15(20-13)21(2)3/h4-8,11H,9-10,12H2,1-3H3,(H2,17,18,19). The van der Waals surface area contributed by atoms with Crippen LogP contribution in [0.25, 0.3) is 0 Å². The first-order valence-corrected chi connectivity index (χ1v) is 8.17. The molecule has 6 heteroatoms. The molecule has 0 radical (unpaired) electrons. The zero-order valence-electron chi connectivity index (χ0n) is 13.3. The predicted octanol–water partition coefficient (Wildman–Crippen LogP) is 2.12. The smallest absolute Gasteiger partial charge is 0.191 e. The average molecular weight is 317 g/mol. The summed E-state index contributed by atoms with van der Waals surface area (Å²) in [4.78, 5) is 12.2. The second-order valence-corrected chi connectivity index (χ2v) is 6.10. The molecule has 2 rings (SSSR count). The molecule has 0 atom stereocenters. The summed E-state index contributed by atoms with van der Waals surface area (Å²) in [6.07, 6.45) is 1.01. The fraction of sp³-hybridized carbons (Fsp3) is 0.375. The van der Waals surface area contributed by atoms with Gasteiger partial charge in [0.2, 0.25) is 0 Å². The molecule has 0 bridgehead atoms. The first-order valence-electron chi connectivity index (χ1n) is 7.29. The van der Waals surface area contributed by atoms with E-state index < -0.39 is 0 Å². The van der Waals surface area contributed by atoms with Crippen LogP contribution in [0.4, 0.5) is 5.82 Å². The molecular formula is C16H23N5S.